The minimum Gasteiger partial charge on any atom is -0.487 e. The Balaban J connectivity index is 0.00000141. The maximum atomic E-state index is 8.00. The molecule has 32 heavy (non-hydrogen) atoms. The molecule has 164 valence electrons. The average Bonchev–Trinajstić information content (AvgIpc) is 3.30. The highest BCUT2D eigenvalue weighted by molar-refractivity contribution is 5.63. The molecule has 0 fully saturated rings. The van der Waals surface area contributed by atoms with Crippen molar-refractivity contribution >= 4 is 12.6 Å². The van der Waals surface area contributed by atoms with Gasteiger partial charge in [0.05, 0.1) is 29.5 Å². The number of hydrogen-bond acceptors (Lipinski definition) is 6. The lowest BCUT2D eigenvalue weighted by Crippen LogP contribution is -2.16. The van der Waals surface area contributed by atoms with Crippen molar-refractivity contribution in [3.8, 4) is 22.8 Å². The molecule has 3 aromatic heterocycles. The molecule has 7 heteroatoms. The van der Waals surface area contributed by atoms with Gasteiger partial charge in [0.2, 0.25) is 0 Å². The molecule has 0 aliphatic heterocycles. The van der Waals surface area contributed by atoms with E-state index in [0.29, 0.717) is 6.61 Å². The van der Waals surface area contributed by atoms with E-state index in [2.05, 4.69) is 27.9 Å². The van der Waals surface area contributed by atoms with Crippen LogP contribution in [0.25, 0.3) is 17.1 Å². The molecule has 0 saturated carbocycles. The van der Waals surface area contributed by atoms with Gasteiger partial charge in [-0.1, -0.05) is 30.3 Å². The number of rotatable bonds is 7. The van der Waals surface area contributed by atoms with E-state index in [1.165, 1.54) is 0 Å². The summed E-state index contributed by atoms with van der Waals surface area (Å²) < 4.78 is 7.76. The molecule has 0 amide bonds. The van der Waals surface area contributed by atoms with Crippen molar-refractivity contribution in [2.24, 2.45) is 0 Å². The summed E-state index contributed by atoms with van der Waals surface area (Å²) in [5, 5.41) is 4.79. The summed E-state index contributed by atoms with van der Waals surface area (Å²) in [4.78, 5) is 19.2. The molecule has 0 atom stereocenters. The largest absolute Gasteiger partial charge is 0.487 e. The van der Waals surface area contributed by atoms with Gasteiger partial charge in [0.15, 0.2) is 5.82 Å². The number of aromatic nitrogens is 4. The summed E-state index contributed by atoms with van der Waals surface area (Å²) in [6.07, 6.45) is 3.59. The van der Waals surface area contributed by atoms with Crippen LogP contribution < -0.4 is 9.64 Å². The van der Waals surface area contributed by atoms with Crippen LogP contribution in [0.4, 0.5) is 5.82 Å². The average molecular weight is 430 g/mol. The molecule has 7 nitrogen and oxygen atoms in total. The maximum Gasteiger partial charge on any atom is 0.151 e. The fraction of sp³-hybridized carbons (Fsp3) is 0.200. The quantitative estimate of drug-likeness (QED) is 0.431. The maximum absolute atomic E-state index is 8.00. The van der Waals surface area contributed by atoms with Gasteiger partial charge in [-0.25, -0.2) is 4.68 Å². The van der Waals surface area contributed by atoms with Crippen LogP contribution in [0.15, 0.2) is 73.1 Å². The summed E-state index contributed by atoms with van der Waals surface area (Å²) >= 11 is 0. The zero-order valence-electron chi connectivity index (χ0n) is 18.6. The number of pyridine rings is 2. The van der Waals surface area contributed by atoms with E-state index in [4.69, 9.17) is 14.6 Å². The minimum atomic E-state index is 0.514. The molecule has 0 unspecified atom stereocenters. The summed E-state index contributed by atoms with van der Waals surface area (Å²) in [6.45, 7) is 7.45. The Morgan fingerprint density at radius 2 is 1.78 bits per heavy atom. The highest BCUT2D eigenvalue weighted by Gasteiger charge is 2.15. The minimum absolute atomic E-state index is 0.514. The van der Waals surface area contributed by atoms with Gasteiger partial charge in [-0.3, -0.25) is 9.97 Å². The van der Waals surface area contributed by atoms with Gasteiger partial charge in [0.1, 0.15) is 19.1 Å². The van der Waals surface area contributed by atoms with E-state index < -0.39 is 0 Å². The Morgan fingerprint density at radius 1 is 1.00 bits per heavy atom. The van der Waals surface area contributed by atoms with Crippen LogP contribution in [-0.2, 0) is 11.4 Å². The number of hydrogen-bond donors (Lipinski definition) is 0. The van der Waals surface area contributed by atoms with Crippen LogP contribution in [0.1, 0.15) is 18.2 Å². The molecule has 4 rings (SSSR count). The smallest absolute Gasteiger partial charge is 0.151 e. The SMILES string of the molecule is C=O.CCN(C)c1cc(-c2ccc(OCc3ccccc3)cn2)n(-c2ccc(C)nc2)n1. The van der Waals surface area contributed by atoms with Gasteiger partial charge >= 0.3 is 0 Å². The number of nitrogens with zero attached hydrogens (tertiary/aromatic N) is 5. The van der Waals surface area contributed by atoms with Crippen molar-refractivity contribution < 1.29 is 9.53 Å². The summed E-state index contributed by atoms with van der Waals surface area (Å²) in [5.41, 5.74) is 4.73. The monoisotopic (exact) mass is 429 g/mol. The van der Waals surface area contributed by atoms with Crippen LogP contribution in [0.5, 0.6) is 5.75 Å². The van der Waals surface area contributed by atoms with E-state index in [1.807, 2.05) is 86.2 Å². The van der Waals surface area contributed by atoms with Crippen molar-refractivity contribution in [3.05, 3.63) is 84.3 Å². The molecule has 0 radical (unpaired) electrons. The van der Waals surface area contributed by atoms with Gasteiger partial charge < -0.3 is 14.4 Å². The first-order valence-corrected chi connectivity index (χ1v) is 10.3. The van der Waals surface area contributed by atoms with Crippen molar-refractivity contribution in [2.45, 2.75) is 20.5 Å². The molecular formula is C25H27N5O2. The third-order valence-electron chi connectivity index (χ3n) is 4.95. The molecule has 3 heterocycles. The van der Waals surface area contributed by atoms with E-state index in [-0.39, 0.29) is 0 Å². The van der Waals surface area contributed by atoms with Crippen molar-refractivity contribution in [1.82, 2.24) is 19.7 Å². The third-order valence-corrected chi connectivity index (χ3v) is 4.95. The van der Waals surface area contributed by atoms with Gasteiger partial charge in [-0.05, 0) is 43.7 Å². The number of benzene rings is 1. The Kier molecular flexibility index (Phi) is 7.70. The lowest BCUT2D eigenvalue weighted by atomic mass is 10.2. The third kappa shape index (κ3) is 5.37. The van der Waals surface area contributed by atoms with Gasteiger partial charge in [0.25, 0.3) is 0 Å². The molecular weight excluding hydrogens is 402 g/mol. The first-order valence-electron chi connectivity index (χ1n) is 10.3. The molecule has 0 N–H and O–H groups in total. The second kappa shape index (κ2) is 10.9. The van der Waals surface area contributed by atoms with Crippen molar-refractivity contribution in [2.75, 3.05) is 18.5 Å². The van der Waals surface area contributed by atoms with Crippen LogP contribution in [0.3, 0.4) is 0 Å². The summed E-state index contributed by atoms with van der Waals surface area (Å²) in [7, 11) is 2.03. The standard InChI is InChI=1S/C24H25N5O.CH2O/c1-4-28(3)24-14-23(29(27-24)20-11-10-18(2)25-15-20)22-13-12-21(16-26-22)30-17-19-8-6-5-7-9-19;1-2/h5-16H,4,17H2,1-3H3;1H2. The molecule has 0 bridgehead atoms. The fourth-order valence-corrected chi connectivity index (χ4v) is 3.04. The topological polar surface area (TPSA) is 73.1 Å². The predicted molar refractivity (Wildman–Crippen MR) is 126 cm³/mol. The lowest BCUT2D eigenvalue weighted by Gasteiger charge is -2.12. The fourth-order valence-electron chi connectivity index (χ4n) is 3.04. The molecule has 4 aromatic rings. The molecule has 0 saturated heterocycles. The Hall–Kier alpha value is -4.00. The molecule has 0 aliphatic rings. The van der Waals surface area contributed by atoms with Crippen LogP contribution in [-0.4, -0.2) is 40.1 Å². The summed E-state index contributed by atoms with van der Waals surface area (Å²) in [6, 6.07) is 20.1. The Labute approximate surface area is 188 Å². The number of anilines is 1. The van der Waals surface area contributed by atoms with E-state index in [9.17, 15) is 0 Å². The number of aryl methyl sites for hydroxylation is 1. The van der Waals surface area contributed by atoms with E-state index in [1.54, 1.807) is 6.20 Å². The Morgan fingerprint density at radius 3 is 2.41 bits per heavy atom. The van der Waals surface area contributed by atoms with E-state index >= 15 is 0 Å². The van der Waals surface area contributed by atoms with Crippen molar-refractivity contribution in [3.63, 3.8) is 0 Å². The first-order chi connectivity index (χ1) is 15.6. The van der Waals surface area contributed by atoms with Crippen LogP contribution >= 0.6 is 0 Å². The first kappa shape index (κ1) is 22.7. The van der Waals surface area contributed by atoms with Crippen LogP contribution in [0, 0.1) is 6.92 Å². The molecule has 0 aliphatic carbocycles. The zero-order valence-corrected chi connectivity index (χ0v) is 18.6. The second-order valence-corrected chi connectivity index (χ2v) is 7.12. The van der Waals surface area contributed by atoms with Gasteiger partial charge in [-0.2, -0.15) is 0 Å². The van der Waals surface area contributed by atoms with Crippen molar-refractivity contribution in [1.29, 1.82) is 0 Å². The van der Waals surface area contributed by atoms with Gasteiger partial charge in [-0.15, -0.1) is 5.10 Å². The summed E-state index contributed by atoms with van der Waals surface area (Å²) in [5.74, 6) is 1.62. The normalized spacial score (nSPS) is 10.2. The predicted octanol–water partition coefficient (Wildman–Crippen LogP) is 4.49. The molecule has 0 spiro atoms. The Bertz CT molecular complexity index is 1110. The highest BCUT2D eigenvalue weighted by atomic mass is 16.5. The highest BCUT2D eigenvalue weighted by Crippen LogP contribution is 2.27. The van der Waals surface area contributed by atoms with E-state index in [0.717, 1.165) is 46.4 Å². The number of carbonyl (C=O) groups is 1. The number of carbonyl (C=O) groups excluding carboxylic acids is 1. The lowest BCUT2D eigenvalue weighted by molar-refractivity contribution is -0.0979. The zero-order chi connectivity index (χ0) is 22.9. The molecule has 1 aromatic carbocycles. The number of ether oxygens (including phenoxy) is 1. The van der Waals surface area contributed by atoms with Crippen LogP contribution in [0.2, 0.25) is 0 Å². The van der Waals surface area contributed by atoms with Gasteiger partial charge in [0, 0.05) is 25.4 Å². The second-order valence-electron chi connectivity index (χ2n) is 7.12.